The molecule has 0 spiro atoms. The second-order valence-corrected chi connectivity index (χ2v) is 4.64. The van der Waals surface area contributed by atoms with E-state index in [9.17, 15) is 9.59 Å². The number of amides is 2. The molecule has 0 saturated heterocycles. The number of anilines is 1. The number of carbonyl (C=O) groups excluding carboxylic acids is 2. The van der Waals surface area contributed by atoms with Crippen LogP contribution in [0.1, 0.15) is 33.6 Å². The van der Waals surface area contributed by atoms with Crippen LogP contribution in [0.2, 0.25) is 0 Å². The lowest BCUT2D eigenvalue weighted by Crippen LogP contribution is -2.47. The van der Waals surface area contributed by atoms with Crippen LogP contribution < -0.4 is 10.6 Å². The highest BCUT2D eigenvalue weighted by molar-refractivity contribution is 5.97. The van der Waals surface area contributed by atoms with E-state index in [0.29, 0.717) is 6.42 Å². The summed E-state index contributed by atoms with van der Waals surface area (Å²) in [6.45, 7) is 5.74. The number of rotatable bonds is 6. The van der Waals surface area contributed by atoms with Crippen LogP contribution in [0.25, 0.3) is 0 Å². The molecule has 0 saturated carbocycles. The van der Waals surface area contributed by atoms with E-state index in [1.807, 2.05) is 44.2 Å². The second-order valence-electron chi connectivity index (χ2n) is 4.64. The zero-order chi connectivity index (χ0) is 14.3. The number of hydrogen-bond acceptors (Lipinski definition) is 2. The molecule has 0 radical (unpaired) electrons. The van der Waals surface area contributed by atoms with Crippen molar-refractivity contribution in [3.8, 4) is 0 Å². The number of carbonyl (C=O) groups is 2. The van der Waals surface area contributed by atoms with Crippen LogP contribution in [-0.4, -0.2) is 17.9 Å². The predicted octanol–water partition coefficient (Wildman–Crippen LogP) is 2.57. The fourth-order valence-corrected chi connectivity index (χ4v) is 1.72. The van der Waals surface area contributed by atoms with Crippen LogP contribution in [0, 0.1) is 5.92 Å². The molecule has 0 fully saturated rings. The fourth-order valence-electron chi connectivity index (χ4n) is 1.72. The maximum atomic E-state index is 12.2. The molecule has 0 aliphatic carbocycles. The lowest BCUT2D eigenvalue weighted by atomic mass is 9.98. The lowest BCUT2D eigenvalue weighted by molar-refractivity contribution is -0.127. The fraction of sp³-hybridized carbons (Fsp3) is 0.467. The standard InChI is InChI=1S/C15H22N2O2/c1-4-11(3)14(17-13(18)5-2)15(19)16-12-9-7-6-8-10-12/h6-11,14H,4-5H2,1-3H3,(H,16,19)(H,17,18)/t11-,14-/m0/s1. The first-order valence-corrected chi connectivity index (χ1v) is 6.73. The molecule has 0 unspecified atom stereocenters. The molecule has 4 heteroatoms. The van der Waals surface area contributed by atoms with E-state index in [1.54, 1.807) is 6.92 Å². The molecular formula is C15H22N2O2. The summed E-state index contributed by atoms with van der Waals surface area (Å²) in [7, 11) is 0. The molecule has 0 aliphatic heterocycles. The quantitative estimate of drug-likeness (QED) is 0.827. The number of benzene rings is 1. The van der Waals surface area contributed by atoms with Crippen molar-refractivity contribution in [3.05, 3.63) is 30.3 Å². The molecular weight excluding hydrogens is 240 g/mol. The van der Waals surface area contributed by atoms with Crippen molar-refractivity contribution >= 4 is 17.5 Å². The minimum Gasteiger partial charge on any atom is -0.344 e. The van der Waals surface area contributed by atoms with Gasteiger partial charge >= 0.3 is 0 Å². The molecule has 19 heavy (non-hydrogen) atoms. The number of hydrogen-bond donors (Lipinski definition) is 2. The highest BCUT2D eigenvalue weighted by atomic mass is 16.2. The summed E-state index contributed by atoms with van der Waals surface area (Å²) in [6, 6.07) is 8.77. The predicted molar refractivity (Wildman–Crippen MR) is 76.7 cm³/mol. The van der Waals surface area contributed by atoms with Crippen LogP contribution in [-0.2, 0) is 9.59 Å². The van der Waals surface area contributed by atoms with Gasteiger partial charge in [0.25, 0.3) is 0 Å². The third-order valence-electron chi connectivity index (χ3n) is 3.17. The summed E-state index contributed by atoms with van der Waals surface area (Å²) in [5.74, 6) is -0.171. The van der Waals surface area contributed by atoms with Gasteiger partial charge < -0.3 is 10.6 Å². The van der Waals surface area contributed by atoms with Crippen LogP contribution in [0.15, 0.2) is 30.3 Å². The molecule has 0 aliphatic rings. The Morgan fingerprint density at radius 2 is 1.79 bits per heavy atom. The average molecular weight is 262 g/mol. The van der Waals surface area contributed by atoms with Crippen LogP contribution in [0.4, 0.5) is 5.69 Å². The molecule has 2 N–H and O–H groups in total. The highest BCUT2D eigenvalue weighted by Crippen LogP contribution is 2.12. The van der Waals surface area contributed by atoms with Crippen LogP contribution in [0.5, 0.6) is 0 Å². The summed E-state index contributed by atoms with van der Waals surface area (Å²) in [4.78, 5) is 23.7. The van der Waals surface area contributed by atoms with Gasteiger partial charge in [0.2, 0.25) is 11.8 Å². The third kappa shape index (κ3) is 4.73. The van der Waals surface area contributed by atoms with Crippen molar-refractivity contribution in [1.29, 1.82) is 0 Å². The van der Waals surface area contributed by atoms with Crippen LogP contribution in [0.3, 0.4) is 0 Å². The molecule has 4 nitrogen and oxygen atoms in total. The third-order valence-corrected chi connectivity index (χ3v) is 3.17. The van der Waals surface area contributed by atoms with E-state index >= 15 is 0 Å². The molecule has 0 aromatic heterocycles. The van der Waals surface area contributed by atoms with Gasteiger partial charge in [0.05, 0.1) is 0 Å². The number of nitrogens with one attached hydrogen (secondary N) is 2. The van der Waals surface area contributed by atoms with E-state index in [1.165, 1.54) is 0 Å². The SMILES string of the molecule is CCC(=O)N[C@H](C(=O)Nc1ccccc1)[C@@H](C)CC. The van der Waals surface area contributed by atoms with Gasteiger partial charge in [-0.1, -0.05) is 45.4 Å². The summed E-state index contributed by atoms with van der Waals surface area (Å²) >= 11 is 0. The van der Waals surface area contributed by atoms with Gasteiger partial charge in [-0.2, -0.15) is 0 Å². The van der Waals surface area contributed by atoms with Gasteiger partial charge in [0.1, 0.15) is 6.04 Å². The smallest absolute Gasteiger partial charge is 0.247 e. The van der Waals surface area contributed by atoms with Crippen molar-refractivity contribution in [3.63, 3.8) is 0 Å². The normalized spacial score (nSPS) is 13.4. The first kappa shape index (κ1) is 15.2. The zero-order valence-electron chi connectivity index (χ0n) is 11.8. The van der Waals surface area contributed by atoms with E-state index < -0.39 is 6.04 Å². The van der Waals surface area contributed by atoms with Gasteiger partial charge in [0, 0.05) is 12.1 Å². The maximum absolute atomic E-state index is 12.2. The van der Waals surface area contributed by atoms with Gasteiger partial charge in [-0.3, -0.25) is 9.59 Å². The van der Waals surface area contributed by atoms with Gasteiger partial charge in [-0.25, -0.2) is 0 Å². The first-order chi connectivity index (χ1) is 9.08. The van der Waals surface area contributed by atoms with Crippen molar-refractivity contribution in [1.82, 2.24) is 5.32 Å². The summed E-state index contributed by atoms with van der Waals surface area (Å²) in [6.07, 6.45) is 1.21. The van der Waals surface area contributed by atoms with E-state index in [-0.39, 0.29) is 17.7 Å². The second kappa shape index (κ2) is 7.56. The van der Waals surface area contributed by atoms with Crippen molar-refractivity contribution < 1.29 is 9.59 Å². The summed E-state index contributed by atoms with van der Waals surface area (Å²) < 4.78 is 0. The largest absolute Gasteiger partial charge is 0.344 e. The Morgan fingerprint density at radius 3 is 2.32 bits per heavy atom. The molecule has 1 aromatic carbocycles. The highest BCUT2D eigenvalue weighted by Gasteiger charge is 2.25. The van der Waals surface area contributed by atoms with Gasteiger partial charge in [-0.15, -0.1) is 0 Å². The Bertz CT molecular complexity index is 417. The Balaban J connectivity index is 2.74. The Morgan fingerprint density at radius 1 is 1.16 bits per heavy atom. The van der Waals surface area contributed by atoms with E-state index in [4.69, 9.17) is 0 Å². The Hall–Kier alpha value is -1.84. The molecule has 104 valence electrons. The van der Waals surface area contributed by atoms with Crippen LogP contribution >= 0.6 is 0 Å². The number of para-hydroxylation sites is 1. The maximum Gasteiger partial charge on any atom is 0.247 e. The average Bonchev–Trinajstić information content (AvgIpc) is 2.44. The molecule has 1 aromatic rings. The molecule has 2 atom stereocenters. The summed E-state index contributed by atoms with van der Waals surface area (Å²) in [5, 5.41) is 5.62. The van der Waals surface area contributed by atoms with Crippen molar-refractivity contribution in [2.75, 3.05) is 5.32 Å². The summed E-state index contributed by atoms with van der Waals surface area (Å²) in [5.41, 5.74) is 0.742. The van der Waals surface area contributed by atoms with E-state index in [0.717, 1.165) is 12.1 Å². The monoisotopic (exact) mass is 262 g/mol. The zero-order valence-corrected chi connectivity index (χ0v) is 11.8. The first-order valence-electron chi connectivity index (χ1n) is 6.73. The minimum absolute atomic E-state index is 0.0965. The van der Waals surface area contributed by atoms with E-state index in [2.05, 4.69) is 10.6 Å². The molecule has 0 bridgehead atoms. The Kier molecular flexibility index (Phi) is 6.06. The topological polar surface area (TPSA) is 58.2 Å². The van der Waals surface area contributed by atoms with Crippen molar-refractivity contribution in [2.45, 2.75) is 39.7 Å². The van der Waals surface area contributed by atoms with Gasteiger partial charge in [0.15, 0.2) is 0 Å². The van der Waals surface area contributed by atoms with Gasteiger partial charge in [-0.05, 0) is 18.1 Å². The molecule has 2 amide bonds. The lowest BCUT2D eigenvalue weighted by Gasteiger charge is -2.23. The minimum atomic E-state index is -0.488. The van der Waals surface area contributed by atoms with Crippen molar-refractivity contribution in [2.24, 2.45) is 5.92 Å². The molecule has 1 rings (SSSR count). The Labute approximate surface area is 114 Å². The molecule has 0 heterocycles.